The van der Waals surface area contributed by atoms with Crippen molar-refractivity contribution < 1.29 is 4.74 Å². The average molecular weight is 525 g/mol. The second kappa shape index (κ2) is 8.17. The number of nitrogens with zero attached hydrogens (tertiary/aromatic N) is 3. The first-order valence-corrected chi connectivity index (χ1v) is 9.58. The zero-order valence-corrected chi connectivity index (χ0v) is 19.7. The molecule has 1 saturated carbocycles. The molecule has 5 nitrogen and oxygen atoms in total. The van der Waals surface area contributed by atoms with Crippen LogP contribution in [0.25, 0.3) is 0 Å². The maximum absolute atomic E-state index is 5.91. The van der Waals surface area contributed by atoms with Crippen molar-refractivity contribution in [2.75, 3.05) is 20.2 Å². The summed E-state index contributed by atoms with van der Waals surface area (Å²) in [5, 5.41) is 3.74. The van der Waals surface area contributed by atoms with Crippen molar-refractivity contribution in [3.63, 3.8) is 0 Å². The molecule has 0 spiro atoms. The third-order valence-corrected chi connectivity index (χ3v) is 5.96. The van der Waals surface area contributed by atoms with Gasteiger partial charge in [0.25, 0.3) is 0 Å². The van der Waals surface area contributed by atoms with Crippen LogP contribution in [0, 0.1) is 11.3 Å². The summed E-state index contributed by atoms with van der Waals surface area (Å²) in [5.41, 5.74) is 1.41. The lowest BCUT2D eigenvalue weighted by atomic mass is 9.57. The van der Waals surface area contributed by atoms with Gasteiger partial charge in [0.15, 0.2) is 5.96 Å². The van der Waals surface area contributed by atoms with E-state index in [9.17, 15) is 0 Å². The predicted octanol–water partition coefficient (Wildman–Crippen LogP) is 3.62. The lowest BCUT2D eigenvalue weighted by Crippen LogP contribution is -2.67. The lowest BCUT2D eigenvalue weighted by Gasteiger charge is -2.55. The fourth-order valence-electron chi connectivity index (χ4n) is 4.22. The van der Waals surface area contributed by atoms with Crippen molar-refractivity contribution in [2.24, 2.45) is 23.4 Å². The van der Waals surface area contributed by atoms with Crippen LogP contribution in [-0.2, 0) is 18.3 Å². The van der Waals surface area contributed by atoms with Gasteiger partial charge in [-0.15, -0.1) is 24.0 Å². The van der Waals surface area contributed by atoms with Crippen LogP contribution in [0.4, 0.5) is 0 Å². The van der Waals surface area contributed by atoms with Crippen LogP contribution in [0.2, 0.25) is 0 Å². The largest absolute Gasteiger partial charge is 0.377 e. The molecule has 1 aromatic rings. The Morgan fingerprint density at radius 3 is 2.84 bits per heavy atom. The number of guanidine groups is 1. The van der Waals surface area contributed by atoms with E-state index in [1.807, 2.05) is 0 Å². The molecule has 0 amide bonds. The van der Waals surface area contributed by atoms with Crippen LogP contribution in [0.5, 0.6) is 0 Å². The van der Waals surface area contributed by atoms with E-state index < -0.39 is 0 Å². The minimum atomic E-state index is 0. The molecule has 142 valence electrons. The first-order chi connectivity index (χ1) is 11.3. The Bertz CT molecular complexity index is 631. The first-order valence-electron chi connectivity index (χ1n) is 8.79. The maximum Gasteiger partial charge on any atom is 0.194 e. The summed E-state index contributed by atoms with van der Waals surface area (Å²) in [7, 11) is 4.18. The molecule has 1 saturated heterocycles. The first kappa shape index (κ1) is 21.0. The number of fused-ring (bicyclic) bond motifs is 1. The molecule has 0 bridgehead atoms. The summed E-state index contributed by atoms with van der Waals surface area (Å²) in [4.78, 5) is 6.94. The van der Waals surface area contributed by atoms with Crippen LogP contribution in [0.1, 0.15) is 32.9 Å². The lowest BCUT2D eigenvalue weighted by molar-refractivity contribution is -0.107. The molecule has 2 fully saturated rings. The molecule has 3 rings (SSSR count). The second-order valence-electron chi connectivity index (χ2n) is 7.60. The van der Waals surface area contributed by atoms with E-state index in [2.05, 4.69) is 77.8 Å². The van der Waals surface area contributed by atoms with Gasteiger partial charge in [0.05, 0.1) is 12.6 Å². The van der Waals surface area contributed by atoms with Gasteiger partial charge >= 0.3 is 0 Å². The van der Waals surface area contributed by atoms with Crippen molar-refractivity contribution in [3.8, 4) is 0 Å². The van der Waals surface area contributed by atoms with Crippen LogP contribution in [0.15, 0.2) is 21.7 Å². The fraction of sp³-hybridized carbons (Fsp3) is 0.722. The van der Waals surface area contributed by atoms with Gasteiger partial charge < -0.3 is 19.5 Å². The van der Waals surface area contributed by atoms with Gasteiger partial charge in [-0.2, -0.15) is 0 Å². The Morgan fingerprint density at radius 1 is 1.52 bits per heavy atom. The molecule has 0 aromatic carbocycles. The Balaban J connectivity index is 0.00000225. The topological polar surface area (TPSA) is 41.8 Å². The molecule has 7 heteroatoms. The summed E-state index contributed by atoms with van der Waals surface area (Å²) < 4.78 is 9.18. The molecule has 0 radical (unpaired) electrons. The summed E-state index contributed by atoms with van der Waals surface area (Å²) >= 11 is 3.55. The van der Waals surface area contributed by atoms with Gasteiger partial charge in [-0.05, 0) is 35.3 Å². The number of aromatic nitrogens is 1. The van der Waals surface area contributed by atoms with Crippen molar-refractivity contribution in [1.82, 2.24) is 14.8 Å². The highest BCUT2D eigenvalue weighted by molar-refractivity contribution is 14.0. The monoisotopic (exact) mass is 524 g/mol. The summed E-state index contributed by atoms with van der Waals surface area (Å²) in [6, 6.07) is 2.59. The van der Waals surface area contributed by atoms with Crippen molar-refractivity contribution in [2.45, 2.75) is 45.9 Å². The molecule has 1 aliphatic heterocycles. The quantitative estimate of drug-likeness (QED) is 0.371. The average Bonchev–Trinajstić information content (AvgIpc) is 3.08. The number of aliphatic imine (C=N–C) groups is 1. The van der Waals surface area contributed by atoms with Gasteiger partial charge in [0, 0.05) is 61.0 Å². The van der Waals surface area contributed by atoms with Crippen molar-refractivity contribution in [3.05, 3.63) is 22.4 Å². The molecular formula is C18H30BrIN4O. The van der Waals surface area contributed by atoms with Crippen LogP contribution in [-0.4, -0.2) is 47.8 Å². The van der Waals surface area contributed by atoms with Crippen LogP contribution >= 0.6 is 39.9 Å². The highest BCUT2D eigenvalue weighted by Gasteiger charge is 2.59. The molecule has 3 atom stereocenters. The predicted molar refractivity (Wildman–Crippen MR) is 117 cm³/mol. The van der Waals surface area contributed by atoms with E-state index in [-0.39, 0.29) is 29.4 Å². The van der Waals surface area contributed by atoms with E-state index >= 15 is 0 Å². The molecular weight excluding hydrogens is 495 g/mol. The van der Waals surface area contributed by atoms with Gasteiger partial charge in [0.1, 0.15) is 0 Å². The molecule has 3 unspecified atom stereocenters. The van der Waals surface area contributed by atoms with Gasteiger partial charge in [-0.25, -0.2) is 0 Å². The standard InChI is InChI=1S/C18H29BrN4O.HI/c1-6-20-17(23(5)11-13-9-12(19)10-22(13)4)21-15-14-7-8-24-16(14)18(15,2)3;/h9-10,14-16H,6-8,11H2,1-5H3,(H,20,21);1H. The highest BCUT2D eigenvalue weighted by Crippen LogP contribution is 2.52. The van der Waals surface area contributed by atoms with E-state index in [1.54, 1.807) is 0 Å². The molecule has 1 N–H and O–H groups in total. The molecule has 25 heavy (non-hydrogen) atoms. The van der Waals surface area contributed by atoms with E-state index in [0.29, 0.717) is 18.1 Å². The number of hydrogen-bond acceptors (Lipinski definition) is 2. The van der Waals surface area contributed by atoms with Crippen LogP contribution < -0.4 is 5.32 Å². The third-order valence-electron chi connectivity index (χ3n) is 5.53. The van der Waals surface area contributed by atoms with E-state index in [4.69, 9.17) is 9.73 Å². The summed E-state index contributed by atoms with van der Waals surface area (Å²) in [6.07, 6.45) is 3.63. The Labute approximate surface area is 176 Å². The van der Waals surface area contributed by atoms with E-state index in [0.717, 1.165) is 36.5 Å². The second-order valence-corrected chi connectivity index (χ2v) is 8.52. The van der Waals surface area contributed by atoms with Gasteiger partial charge in [-0.1, -0.05) is 13.8 Å². The molecule has 1 aliphatic carbocycles. The minimum Gasteiger partial charge on any atom is -0.377 e. The number of ether oxygens (including phenoxy) is 1. The molecule has 2 aliphatic rings. The molecule has 1 aromatic heterocycles. The van der Waals surface area contributed by atoms with Crippen molar-refractivity contribution in [1.29, 1.82) is 0 Å². The zero-order valence-electron chi connectivity index (χ0n) is 15.8. The normalized spacial score (nSPS) is 27.3. The summed E-state index contributed by atoms with van der Waals surface area (Å²) in [5.74, 6) is 1.60. The van der Waals surface area contributed by atoms with E-state index in [1.165, 1.54) is 5.69 Å². The smallest absolute Gasteiger partial charge is 0.194 e. The summed E-state index contributed by atoms with van der Waals surface area (Å²) in [6.45, 7) is 9.18. The number of rotatable bonds is 4. The minimum absolute atomic E-state index is 0. The van der Waals surface area contributed by atoms with Gasteiger partial charge in [0.2, 0.25) is 0 Å². The fourth-order valence-corrected chi connectivity index (χ4v) is 4.80. The highest BCUT2D eigenvalue weighted by atomic mass is 127. The number of hydrogen-bond donors (Lipinski definition) is 1. The number of halogens is 2. The zero-order chi connectivity index (χ0) is 17.5. The maximum atomic E-state index is 5.91. The molecule has 2 heterocycles. The van der Waals surface area contributed by atoms with Crippen molar-refractivity contribution >= 4 is 45.9 Å². The Kier molecular flexibility index (Phi) is 6.87. The number of nitrogens with one attached hydrogen (secondary N) is 1. The SMILES string of the molecule is CCN=C(NC1C2CCOC2C1(C)C)N(C)Cc1cc(Br)cn1C.I. The van der Waals surface area contributed by atoms with Gasteiger partial charge in [-0.3, -0.25) is 4.99 Å². The van der Waals surface area contributed by atoms with Crippen LogP contribution in [0.3, 0.4) is 0 Å². The number of aryl methyl sites for hydroxylation is 1. The Morgan fingerprint density at radius 2 is 2.24 bits per heavy atom. The third kappa shape index (κ3) is 4.03. The Hall–Kier alpha value is -0.280.